The fourth-order valence-corrected chi connectivity index (χ4v) is 5.19. The van der Waals surface area contributed by atoms with Gasteiger partial charge in [-0.3, -0.25) is 0 Å². The molecule has 0 atom stereocenters. The predicted octanol–water partition coefficient (Wildman–Crippen LogP) is 4.21. The highest BCUT2D eigenvalue weighted by molar-refractivity contribution is 6.31. The van der Waals surface area contributed by atoms with E-state index >= 15 is 0 Å². The third kappa shape index (κ3) is 5.14. The van der Waals surface area contributed by atoms with E-state index in [2.05, 4.69) is 36.4 Å². The molecular weight excluding hydrogens is 486 g/mol. The molecule has 1 fully saturated rings. The van der Waals surface area contributed by atoms with Gasteiger partial charge in [0.15, 0.2) is 0 Å². The summed E-state index contributed by atoms with van der Waals surface area (Å²) in [4.78, 5) is 0. The van der Waals surface area contributed by atoms with Crippen molar-refractivity contribution < 1.29 is 30.6 Å². The molecule has 0 amide bonds. The molecule has 4 aromatic rings. The molecule has 0 unspecified atom stereocenters. The standard InChI is InChI=1S/C27H29ClNO2.BrH/c28-22-10-12-24-25-13-11-23(19-27(25)31-26(24)18-22)30-17-7-16-29(14-5-2-6-15-29)20-21-8-3-1-4-9-21;/h1,3-4,8-13,18-19H,2,5-7,14-17,20H2;1H/q+1;/p-1. The van der Waals surface area contributed by atoms with E-state index in [0.29, 0.717) is 5.02 Å². The van der Waals surface area contributed by atoms with Crippen LogP contribution in [0.5, 0.6) is 5.75 Å². The zero-order valence-electron chi connectivity index (χ0n) is 18.2. The number of piperidine rings is 1. The Bertz CT molecular complexity index is 1170. The van der Waals surface area contributed by atoms with Crippen molar-refractivity contribution in [3.63, 3.8) is 0 Å². The van der Waals surface area contributed by atoms with Crippen molar-refractivity contribution in [3.05, 3.63) is 77.3 Å². The average molecular weight is 515 g/mol. The van der Waals surface area contributed by atoms with Gasteiger partial charge in [0.1, 0.15) is 23.5 Å². The highest BCUT2D eigenvalue weighted by Crippen LogP contribution is 2.32. The minimum absolute atomic E-state index is 0. The summed E-state index contributed by atoms with van der Waals surface area (Å²) in [7, 11) is 0. The third-order valence-corrected chi connectivity index (χ3v) is 6.81. The Labute approximate surface area is 205 Å². The van der Waals surface area contributed by atoms with E-state index < -0.39 is 0 Å². The third-order valence-electron chi connectivity index (χ3n) is 6.58. The van der Waals surface area contributed by atoms with E-state index in [-0.39, 0.29) is 17.0 Å². The fourth-order valence-electron chi connectivity index (χ4n) is 5.03. The summed E-state index contributed by atoms with van der Waals surface area (Å²) in [6, 6.07) is 22.8. The van der Waals surface area contributed by atoms with Crippen molar-refractivity contribution in [1.82, 2.24) is 0 Å². The second-order valence-corrected chi connectivity index (χ2v) is 9.26. The van der Waals surface area contributed by atoms with Gasteiger partial charge in [0.25, 0.3) is 0 Å². The number of ether oxygens (including phenoxy) is 1. The van der Waals surface area contributed by atoms with Crippen molar-refractivity contribution in [2.24, 2.45) is 0 Å². The zero-order valence-corrected chi connectivity index (χ0v) is 20.6. The molecule has 168 valence electrons. The number of hydrogen-bond donors (Lipinski definition) is 0. The lowest BCUT2D eigenvalue weighted by Crippen LogP contribution is -3.00. The number of likely N-dealkylation sites (tertiary alicyclic amines) is 1. The molecule has 5 heteroatoms. The number of rotatable bonds is 7. The topological polar surface area (TPSA) is 22.4 Å². The quantitative estimate of drug-likeness (QED) is 0.272. The summed E-state index contributed by atoms with van der Waals surface area (Å²) in [5.74, 6) is 0.867. The van der Waals surface area contributed by atoms with E-state index in [4.69, 9.17) is 20.8 Å². The molecule has 0 N–H and O–H groups in total. The van der Waals surface area contributed by atoms with Crippen LogP contribution in [0.3, 0.4) is 0 Å². The summed E-state index contributed by atoms with van der Waals surface area (Å²) >= 11 is 6.10. The van der Waals surface area contributed by atoms with E-state index in [1.54, 1.807) is 0 Å². The normalized spacial score (nSPS) is 15.5. The molecule has 0 aliphatic carbocycles. The monoisotopic (exact) mass is 513 g/mol. The Morgan fingerprint density at radius 1 is 0.844 bits per heavy atom. The minimum atomic E-state index is 0. The number of fused-ring (bicyclic) bond motifs is 3. The Morgan fingerprint density at radius 3 is 2.34 bits per heavy atom. The highest BCUT2D eigenvalue weighted by Gasteiger charge is 2.29. The van der Waals surface area contributed by atoms with Crippen molar-refractivity contribution in [1.29, 1.82) is 0 Å². The maximum absolute atomic E-state index is 6.12. The van der Waals surface area contributed by atoms with Crippen LogP contribution in [0.25, 0.3) is 21.9 Å². The molecule has 5 rings (SSSR count). The van der Waals surface area contributed by atoms with Crippen LogP contribution in [-0.2, 0) is 6.54 Å². The molecule has 1 aromatic heterocycles. The highest BCUT2D eigenvalue weighted by atomic mass is 79.9. The SMILES string of the molecule is Clc1ccc2c(c1)oc1cc(OCCC[N+]3(Cc4ccccc4)CCCCC3)ccc12.[Br-]. The van der Waals surface area contributed by atoms with Crippen LogP contribution in [-0.4, -0.2) is 30.7 Å². The molecule has 1 aliphatic heterocycles. The second-order valence-electron chi connectivity index (χ2n) is 8.82. The van der Waals surface area contributed by atoms with Gasteiger partial charge in [-0.25, -0.2) is 0 Å². The first-order valence-electron chi connectivity index (χ1n) is 11.3. The molecule has 0 saturated carbocycles. The largest absolute Gasteiger partial charge is 1.00 e. The van der Waals surface area contributed by atoms with Gasteiger partial charge in [-0.2, -0.15) is 0 Å². The average Bonchev–Trinajstić information content (AvgIpc) is 3.14. The summed E-state index contributed by atoms with van der Waals surface area (Å²) in [6.45, 7) is 5.59. The van der Waals surface area contributed by atoms with Gasteiger partial charge in [-0.15, -0.1) is 0 Å². The van der Waals surface area contributed by atoms with Gasteiger partial charge in [0, 0.05) is 39.9 Å². The summed E-state index contributed by atoms with van der Waals surface area (Å²) in [6.07, 6.45) is 5.09. The maximum atomic E-state index is 6.12. The van der Waals surface area contributed by atoms with Crippen LogP contribution in [0.15, 0.2) is 71.1 Å². The predicted molar refractivity (Wildman–Crippen MR) is 128 cm³/mol. The molecule has 1 saturated heterocycles. The molecule has 3 aromatic carbocycles. The van der Waals surface area contributed by atoms with Gasteiger partial charge in [-0.1, -0.05) is 41.9 Å². The van der Waals surface area contributed by atoms with Crippen molar-refractivity contribution in [3.8, 4) is 5.75 Å². The zero-order chi connectivity index (χ0) is 21.1. The fraction of sp³-hybridized carbons (Fsp3) is 0.333. The molecule has 1 aliphatic rings. The van der Waals surface area contributed by atoms with E-state index in [1.807, 2.05) is 30.3 Å². The minimum Gasteiger partial charge on any atom is -1.00 e. The van der Waals surface area contributed by atoms with Gasteiger partial charge in [-0.05, 0) is 43.5 Å². The molecule has 0 spiro atoms. The molecule has 3 nitrogen and oxygen atoms in total. The van der Waals surface area contributed by atoms with Crippen molar-refractivity contribution >= 4 is 33.5 Å². The van der Waals surface area contributed by atoms with E-state index in [9.17, 15) is 0 Å². The number of furan rings is 1. The van der Waals surface area contributed by atoms with Gasteiger partial charge < -0.3 is 30.6 Å². The van der Waals surface area contributed by atoms with Gasteiger partial charge in [0.05, 0.1) is 26.2 Å². The molecular formula is C27H29BrClNO2. The van der Waals surface area contributed by atoms with E-state index in [1.165, 1.54) is 48.9 Å². The lowest BCUT2D eigenvalue weighted by Gasteiger charge is -2.42. The first-order chi connectivity index (χ1) is 15.2. The van der Waals surface area contributed by atoms with Crippen LogP contribution in [0.1, 0.15) is 31.2 Å². The van der Waals surface area contributed by atoms with Crippen LogP contribution in [0.2, 0.25) is 5.02 Å². The summed E-state index contributed by atoms with van der Waals surface area (Å²) < 4.78 is 13.3. The molecule has 2 heterocycles. The van der Waals surface area contributed by atoms with Crippen molar-refractivity contribution in [2.45, 2.75) is 32.2 Å². The molecule has 0 bridgehead atoms. The van der Waals surface area contributed by atoms with Crippen molar-refractivity contribution in [2.75, 3.05) is 26.2 Å². The number of hydrogen-bond acceptors (Lipinski definition) is 2. The number of halogens is 2. The number of nitrogens with zero attached hydrogens (tertiary/aromatic N) is 1. The Balaban J connectivity index is 0.00000245. The summed E-state index contributed by atoms with van der Waals surface area (Å²) in [5, 5.41) is 2.87. The lowest BCUT2D eigenvalue weighted by molar-refractivity contribution is -0.945. The second kappa shape index (κ2) is 10.3. The summed E-state index contributed by atoms with van der Waals surface area (Å²) in [5.41, 5.74) is 3.11. The number of benzene rings is 3. The van der Waals surface area contributed by atoms with Gasteiger partial charge >= 0.3 is 0 Å². The van der Waals surface area contributed by atoms with Crippen LogP contribution < -0.4 is 21.7 Å². The first kappa shape index (κ1) is 23.2. The van der Waals surface area contributed by atoms with Crippen LogP contribution in [0.4, 0.5) is 0 Å². The smallest absolute Gasteiger partial charge is 0.139 e. The Hall–Kier alpha value is -2.01. The van der Waals surface area contributed by atoms with Crippen LogP contribution in [0, 0.1) is 0 Å². The number of quaternary nitrogens is 1. The Kier molecular flexibility index (Phi) is 7.44. The van der Waals surface area contributed by atoms with Crippen LogP contribution >= 0.6 is 11.6 Å². The van der Waals surface area contributed by atoms with E-state index in [0.717, 1.165) is 47.3 Å². The van der Waals surface area contributed by atoms with Gasteiger partial charge in [0.2, 0.25) is 0 Å². The maximum Gasteiger partial charge on any atom is 0.139 e. The molecule has 32 heavy (non-hydrogen) atoms. The first-order valence-corrected chi connectivity index (χ1v) is 11.7. The Morgan fingerprint density at radius 2 is 1.56 bits per heavy atom. The lowest BCUT2D eigenvalue weighted by atomic mass is 10.0. The molecule has 0 radical (unpaired) electrons.